The molecule has 0 aliphatic carbocycles. The molecule has 1 unspecified atom stereocenters. The molecular weight excluding hydrogens is 393 g/mol. The molecule has 1 fully saturated rings. The van der Waals surface area contributed by atoms with Crippen molar-refractivity contribution in [3.05, 3.63) is 70.5 Å². The van der Waals surface area contributed by atoms with Crippen molar-refractivity contribution in [3.63, 3.8) is 0 Å². The molecule has 1 heterocycles. The number of rotatable bonds is 5. The van der Waals surface area contributed by atoms with Gasteiger partial charge in [-0.2, -0.15) is 0 Å². The molecule has 3 amide bonds. The van der Waals surface area contributed by atoms with Gasteiger partial charge in [0.15, 0.2) is 0 Å². The molecule has 2 aromatic rings. The van der Waals surface area contributed by atoms with E-state index in [4.69, 9.17) is 11.6 Å². The fourth-order valence-corrected chi connectivity index (χ4v) is 3.69. The summed E-state index contributed by atoms with van der Waals surface area (Å²) >= 11 is 5.91. The number of nitrogens with zero attached hydrogens (tertiary/aromatic N) is 2. The average molecular weight is 418 g/mol. The van der Waals surface area contributed by atoms with Gasteiger partial charge in [0, 0.05) is 25.2 Å². The van der Waals surface area contributed by atoms with E-state index in [1.54, 1.807) is 41.1 Å². The van der Waals surface area contributed by atoms with E-state index in [9.17, 15) is 14.0 Å². The summed E-state index contributed by atoms with van der Waals surface area (Å²) in [4.78, 5) is 29.0. The first kappa shape index (κ1) is 21.1. The Morgan fingerprint density at radius 2 is 1.86 bits per heavy atom. The predicted octanol–water partition coefficient (Wildman–Crippen LogP) is 4.37. The van der Waals surface area contributed by atoms with Gasteiger partial charge in [-0.1, -0.05) is 35.9 Å². The van der Waals surface area contributed by atoms with E-state index in [-0.39, 0.29) is 23.8 Å². The molecule has 2 aromatic carbocycles. The van der Waals surface area contributed by atoms with Crippen LogP contribution in [0.2, 0.25) is 5.02 Å². The number of benzene rings is 2. The fourth-order valence-electron chi connectivity index (χ4n) is 3.57. The van der Waals surface area contributed by atoms with Crippen molar-refractivity contribution in [2.24, 2.45) is 0 Å². The molecule has 2 atom stereocenters. The van der Waals surface area contributed by atoms with Crippen molar-refractivity contribution in [2.45, 2.75) is 38.4 Å². The van der Waals surface area contributed by atoms with Crippen LogP contribution in [0.3, 0.4) is 0 Å². The van der Waals surface area contributed by atoms with Crippen LogP contribution in [0.5, 0.6) is 0 Å². The van der Waals surface area contributed by atoms with Crippen molar-refractivity contribution >= 4 is 23.5 Å². The van der Waals surface area contributed by atoms with E-state index in [0.29, 0.717) is 24.5 Å². The number of halogens is 2. The van der Waals surface area contributed by atoms with E-state index < -0.39 is 6.04 Å². The van der Waals surface area contributed by atoms with E-state index >= 15 is 0 Å². The lowest BCUT2D eigenvalue weighted by Gasteiger charge is -2.29. The summed E-state index contributed by atoms with van der Waals surface area (Å²) < 4.78 is 13.1. The third-order valence-corrected chi connectivity index (χ3v) is 5.47. The largest absolute Gasteiger partial charge is 0.340 e. The van der Waals surface area contributed by atoms with Gasteiger partial charge in [0.25, 0.3) is 0 Å². The van der Waals surface area contributed by atoms with Gasteiger partial charge in [-0.25, -0.2) is 9.18 Å². The van der Waals surface area contributed by atoms with Gasteiger partial charge in [-0.15, -0.1) is 0 Å². The maximum atomic E-state index is 13.1. The molecule has 154 valence electrons. The monoisotopic (exact) mass is 417 g/mol. The number of hydrogen-bond acceptors (Lipinski definition) is 2. The first-order chi connectivity index (χ1) is 13.8. The Labute approximate surface area is 175 Å². The van der Waals surface area contributed by atoms with Gasteiger partial charge in [-0.05, 0) is 55.2 Å². The molecule has 3 rings (SSSR count). The molecule has 0 aromatic heterocycles. The number of hydrogen-bond donors (Lipinski definition) is 1. The zero-order chi connectivity index (χ0) is 21.0. The molecule has 0 saturated carbocycles. The van der Waals surface area contributed by atoms with Crippen LogP contribution in [-0.2, 0) is 11.3 Å². The molecule has 0 radical (unpaired) electrons. The lowest BCUT2D eigenvalue weighted by Crippen LogP contribution is -2.50. The standard InChI is InChI=1S/C22H25ClFN3O2/c1-15(17-7-11-19(24)12-8-17)25-22(29)27-13-3-4-20(27)21(28)26(2)14-16-5-9-18(23)10-6-16/h5-12,15,20H,3-4,13-14H2,1-2H3,(H,25,29)/t15-,20?/m0/s1. The van der Waals surface area contributed by atoms with Gasteiger partial charge >= 0.3 is 6.03 Å². The van der Waals surface area contributed by atoms with Crippen LogP contribution in [0.4, 0.5) is 9.18 Å². The topological polar surface area (TPSA) is 52.7 Å². The van der Waals surface area contributed by atoms with Gasteiger partial charge in [0.1, 0.15) is 11.9 Å². The summed E-state index contributed by atoms with van der Waals surface area (Å²) in [6, 6.07) is 12.3. The van der Waals surface area contributed by atoms with E-state index in [1.165, 1.54) is 12.1 Å². The molecule has 0 spiro atoms. The van der Waals surface area contributed by atoms with Crippen LogP contribution < -0.4 is 5.32 Å². The molecule has 0 bridgehead atoms. The SMILES string of the molecule is C[C@H](NC(=O)N1CCCC1C(=O)N(C)Cc1ccc(Cl)cc1)c1ccc(F)cc1. The van der Waals surface area contributed by atoms with Gasteiger partial charge in [0.05, 0.1) is 6.04 Å². The molecule has 29 heavy (non-hydrogen) atoms. The normalized spacial score (nSPS) is 17.1. The van der Waals surface area contributed by atoms with E-state index in [1.807, 2.05) is 19.1 Å². The summed E-state index contributed by atoms with van der Waals surface area (Å²) in [7, 11) is 1.74. The molecule has 1 N–H and O–H groups in total. The minimum atomic E-state index is -0.479. The van der Waals surface area contributed by atoms with E-state index in [2.05, 4.69) is 5.32 Å². The summed E-state index contributed by atoms with van der Waals surface area (Å²) in [6.07, 6.45) is 1.42. The smallest absolute Gasteiger partial charge is 0.318 e. The third kappa shape index (κ3) is 5.26. The summed E-state index contributed by atoms with van der Waals surface area (Å²) in [5, 5.41) is 3.57. The number of carbonyl (C=O) groups is 2. The minimum Gasteiger partial charge on any atom is -0.340 e. The summed E-state index contributed by atoms with van der Waals surface area (Å²) in [6.45, 7) is 2.83. The lowest BCUT2D eigenvalue weighted by molar-refractivity contribution is -0.134. The summed E-state index contributed by atoms with van der Waals surface area (Å²) in [5.41, 5.74) is 1.78. The maximum absolute atomic E-state index is 13.1. The van der Waals surface area contributed by atoms with Crippen molar-refractivity contribution < 1.29 is 14.0 Å². The maximum Gasteiger partial charge on any atom is 0.318 e. The number of carbonyl (C=O) groups excluding carboxylic acids is 2. The second-order valence-corrected chi connectivity index (χ2v) is 7.83. The van der Waals surface area contributed by atoms with Crippen LogP contribution in [0.1, 0.15) is 36.9 Å². The molecule has 7 heteroatoms. The molecular formula is C22H25ClFN3O2. The Morgan fingerprint density at radius 3 is 2.52 bits per heavy atom. The van der Waals surface area contributed by atoms with Crippen molar-refractivity contribution in [3.8, 4) is 0 Å². The highest BCUT2D eigenvalue weighted by Crippen LogP contribution is 2.22. The predicted molar refractivity (Wildman–Crippen MR) is 111 cm³/mol. The highest BCUT2D eigenvalue weighted by molar-refractivity contribution is 6.30. The Bertz CT molecular complexity index is 857. The summed E-state index contributed by atoms with van der Waals surface area (Å²) in [5.74, 6) is -0.400. The Kier molecular flexibility index (Phi) is 6.75. The van der Waals surface area contributed by atoms with Crippen LogP contribution in [-0.4, -0.2) is 41.4 Å². The first-order valence-corrected chi connectivity index (χ1v) is 10.0. The third-order valence-electron chi connectivity index (χ3n) is 5.22. The molecule has 1 aliphatic rings. The van der Waals surface area contributed by atoms with Gasteiger partial charge in [-0.3, -0.25) is 4.79 Å². The Hall–Kier alpha value is -2.60. The van der Waals surface area contributed by atoms with Crippen molar-refractivity contribution in [2.75, 3.05) is 13.6 Å². The zero-order valence-corrected chi connectivity index (χ0v) is 17.3. The minimum absolute atomic E-state index is 0.0814. The van der Waals surface area contributed by atoms with Crippen molar-refractivity contribution in [1.29, 1.82) is 0 Å². The van der Waals surface area contributed by atoms with Crippen LogP contribution in [0.25, 0.3) is 0 Å². The number of likely N-dealkylation sites (N-methyl/N-ethyl adjacent to an activating group) is 1. The lowest BCUT2D eigenvalue weighted by atomic mass is 10.1. The molecule has 1 aliphatic heterocycles. The quantitative estimate of drug-likeness (QED) is 0.785. The zero-order valence-electron chi connectivity index (χ0n) is 16.6. The highest BCUT2D eigenvalue weighted by atomic mass is 35.5. The number of nitrogens with one attached hydrogen (secondary N) is 1. The van der Waals surface area contributed by atoms with E-state index in [0.717, 1.165) is 17.5 Å². The van der Waals surface area contributed by atoms with Gasteiger partial charge < -0.3 is 15.1 Å². The van der Waals surface area contributed by atoms with Crippen LogP contribution >= 0.6 is 11.6 Å². The molecule has 5 nitrogen and oxygen atoms in total. The highest BCUT2D eigenvalue weighted by Gasteiger charge is 2.36. The molecule has 1 saturated heterocycles. The van der Waals surface area contributed by atoms with Crippen LogP contribution in [0.15, 0.2) is 48.5 Å². The average Bonchev–Trinajstić information content (AvgIpc) is 3.19. The Balaban J connectivity index is 1.61. The fraction of sp³-hybridized carbons (Fsp3) is 0.364. The first-order valence-electron chi connectivity index (χ1n) is 9.67. The van der Waals surface area contributed by atoms with Crippen molar-refractivity contribution in [1.82, 2.24) is 15.1 Å². The van der Waals surface area contributed by atoms with Crippen LogP contribution in [0, 0.1) is 5.82 Å². The van der Waals surface area contributed by atoms with Gasteiger partial charge in [0.2, 0.25) is 5.91 Å². The number of amides is 3. The second kappa shape index (κ2) is 9.27. The Morgan fingerprint density at radius 1 is 1.21 bits per heavy atom. The second-order valence-electron chi connectivity index (χ2n) is 7.39. The number of urea groups is 1. The number of likely N-dealkylation sites (tertiary alicyclic amines) is 1.